The first-order chi connectivity index (χ1) is 10.8. The molecule has 0 radical (unpaired) electrons. The van der Waals surface area contributed by atoms with Crippen LogP contribution in [0.3, 0.4) is 0 Å². The Morgan fingerprint density at radius 3 is 2.55 bits per heavy atom. The van der Waals surface area contributed by atoms with Gasteiger partial charge in [-0.15, -0.1) is 0 Å². The Bertz CT molecular complexity index is 815. The van der Waals surface area contributed by atoms with Crippen LogP contribution in [0.1, 0.15) is 5.56 Å². The number of hydrogen-bond donors (Lipinski definition) is 1. The summed E-state index contributed by atoms with van der Waals surface area (Å²) in [6, 6.07) is 15.6. The maximum absolute atomic E-state index is 9.49. The van der Waals surface area contributed by atoms with E-state index in [1.807, 2.05) is 48.5 Å². The topological polar surface area (TPSA) is 51.6 Å². The van der Waals surface area contributed by atoms with Crippen LogP contribution in [0.15, 0.2) is 48.5 Å². The van der Waals surface area contributed by atoms with Gasteiger partial charge in [0, 0.05) is 16.5 Å². The molecule has 0 atom stereocenters. The molecule has 0 saturated heterocycles. The van der Waals surface area contributed by atoms with Gasteiger partial charge in [0.15, 0.2) is 0 Å². The van der Waals surface area contributed by atoms with Crippen molar-refractivity contribution < 1.29 is 14.6 Å². The highest BCUT2D eigenvalue weighted by Gasteiger charge is 2.12. The predicted octanol–water partition coefficient (Wildman–Crippen LogP) is 3.41. The standard InChI is InChI=1S/C18H17NO3/c1-21-17-8-7-12(9-14(17)11-20)15-10-13-5-3-4-6-16(13)19-18(15)22-2/h3-10,20H,11H2,1-2H3. The van der Waals surface area contributed by atoms with Crippen molar-refractivity contribution in [2.45, 2.75) is 6.61 Å². The summed E-state index contributed by atoms with van der Waals surface area (Å²) in [5, 5.41) is 10.5. The Hall–Kier alpha value is -2.59. The molecule has 0 spiro atoms. The summed E-state index contributed by atoms with van der Waals surface area (Å²) in [6.45, 7) is -0.0830. The van der Waals surface area contributed by atoms with Crippen LogP contribution in [0, 0.1) is 0 Å². The predicted molar refractivity (Wildman–Crippen MR) is 86.2 cm³/mol. The fourth-order valence-electron chi connectivity index (χ4n) is 2.53. The normalized spacial score (nSPS) is 10.7. The fraction of sp³-hybridized carbons (Fsp3) is 0.167. The molecule has 112 valence electrons. The average molecular weight is 295 g/mol. The molecule has 0 aliphatic carbocycles. The molecule has 1 heterocycles. The minimum atomic E-state index is -0.0830. The monoisotopic (exact) mass is 295 g/mol. The highest BCUT2D eigenvalue weighted by molar-refractivity contribution is 5.86. The maximum atomic E-state index is 9.49. The van der Waals surface area contributed by atoms with Crippen LogP contribution >= 0.6 is 0 Å². The van der Waals surface area contributed by atoms with E-state index >= 15 is 0 Å². The molecular formula is C18H17NO3. The molecule has 0 aliphatic heterocycles. The molecule has 4 heteroatoms. The molecule has 4 nitrogen and oxygen atoms in total. The zero-order chi connectivity index (χ0) is 15.5. The number of aromatic nitrogens is 1. The number of hydrogen-bond acceptors (Lipinski definition) is 4. The molecule has 2 aromatic carbocycles. The summed E-state index contributed by atoms with van der Waals surface area (Å²) in [6.07, 6.45) is 0. The molecule has 1 aromatic heterocycles. The van der Waals surface area contributed by atoms with Gasteiger partial charge >= 0.3 is 0 Å². The molecule has 22 heavy (non-hydrogen) atoms. The third kappa shape index (κ3) is 2.49. The Morgan fingerprint density at radius 2 is 1.82 bits per heavy atom. The maximum Gasteiger partial charge on any atom is 0.221 e. The number of pyridine rings is 1. The molecule has 0 bridgehead atoms. The molecule has 3 aromatic rings. The molecule has 0 saturated carbocycles. The second-order valence-electron chi connectivity index (χ2n) is 4.92. The smallest absolute Gasteiger partial charge is 0.221 e. The zero-order valence-electron chi connectivity index (χ0n) is 12.5. The fourth-order valence-corrected chi connectivity index (χ4v) is 2.53. The summed E-state index contributed by atoms with van der Waals surface area (Å²) in [4.78, 5) is 4.55. The lowest BCUT2D eigenvalue weighted by molar-refractivity contribution is 0.274. The second kappa shape index (κ2) is 6.03. The molecular weight excluding hydrogens is 278 g/mol. The van der Waals surface area contributed by atoms with Crippen LogP contribution in [-0.4, -0.2) is 24.3 Å². The first kappa shape index (κ1) is 14.4. The SMILES string of the molecule is COc1ccc(-c2cc3ccccc3nc2OC)cc1CO. The first-order valence-electron chi connectivity index (χ1n) is 6.98. The second-order valence-corrected chi connectivity index (χ2v) is 4.92. The third-order valence-electron chi connectivity index (χ3n) is 3.64. The van der Waals surface area contributed by atoms with E-state index in [1.54, 1.807) is 14.2 Å². The van der Waals surface area contributed by atoms with Gasteiger partial charge in [0.2, 0.25) is 5.88 Å². The van der Waals surface area contributed by atoms with Gasteiger partial charge < -0.3 is 14.6 Å². The van der Waals surface area contributed by atoms with Crippen LogP contribution in [-0.2, 0) is 6.61 Å². The van der Waals surface area contributed by atoms with E-state index in [1.165, 1.54) is 0 Å². The van der Waals surface area contributed by atoms with Crippen molar-refractivity contribution >= 4 is 10.9 Å². The summed E-state index contributed by atoms with van der Waals surface area (Å²) in [5.41, 5.74) is 3.44. The summed E-state index contributed by atoms with van der Waals surface area (Å²) in [7, 11) is 3.20. The van der Waals surface area contributed by atoms with Gasteiger partial charge in [0.1, 0.15) is 5.75 Å². The van der Waals surface area contributed by atoms with Crippen LogP contribution in [0.5, 0.6) is 11.6 Å². The van der Waals surface area contributed by atoms with E-state index in [0.29, 0.717) is 11.6 Å². The molecule has 0 aliphatic rings. The third-order valence-corrected chi connectivity index (χ3v) is 3.64. The van der Waals surface area contributed by atoms with E-state index in [4.69, 9.17) is 9.47 Å². The van der Waals surface area contributed by atoms with E-state index in [-0.39, 0.29) is 6.61 Å². The van der Waals surface area contributed by atoms with Crippen molar-refractivity contribution in [1.82, 2.24) is 4.98 Å². The largest absolute Gasteiger partial charge is 0.496 e. The van der Waals surface area contributed by atoms with Crippen LogP contribution in [0.25, 0.3) is 22.0 Å². The van der Waals surface area contributed by atoms with E-state index in [9.17, 15) is 5.11 Å². The number of para-hydroxylation sites is 1. The number of rotatable bonds is 4. The van der Waals surface area contributed by atoms with Crippen molar-refractivity contribution in [1.29, 1.82) is 0 Å². The van der Waals surface area contributed by atoms with Gasteiger partial charge in [0.25, 0.3) is 0 Å². The molecule has 0 fully saturated rings. The van der Waals surface area contributed by atoms with Crippen molar-refractivity contribution in [2.24, 2.45) is 0 Å². The van der Waals surface area contributed by atoms with Gasteiger partial charge in [-0.3, -0.25) is 0 Å². The lowest BCUT2D eigenvalue weighted by atomic mass is 10.0. The number of nitrogens with zero attached hydrogens (tertiary/aromatic N) is 1. The lowest BCUT2D eigenvalue weighted by Gasteiger charge is -2.12. The molecule has 1 N–H and O–H groups in total. The molecule has 0 amide bonds. The first-order valence-corrected chi connectivity index (χ1v) is 6.98. The van der Waals surface area contributed by atoms with Gasteiger partial charge in [-0.1, -0.05) is 24.3 Å². The van der Waals surface area contributed by atoms with Gasteiger partial charge in [-0.25, -0.2) is 4.98 Å². The Labute approximate surface area is 129 Å². The van der Waals surface area contributed by atoms with Crippen molar-refractivity contribution in [3.05, 3.63) is 54.1 Å². The van der Waals surface area contributed by atoms with Crippen molar-refractivity contribution in [3.63, 3.8) is 0 Å². The number of benzene rings is 2. The Morgan fingerprint density at radius 1 is 1.00 bits per heavy atom. The molecule has 0 unspecified atom stereocenters. The summed E-state index contributed by atoms with van der Waals surface area (Å²) in [5.74, 6) is 1.23. The zero-order valence-corrected chi connectivity index (χ0v) is 12.5. The number of ether oxygens (including phenoxy) is 2. The number of methoxy groups -OCH3 is 2. The van der Waals surface area contributed by atoms with Gasteiger partial charge in [-0.05, 0) is 29.8 Å². The van der Waals surface area contributed by atoms with E-state index in [0.717, 1.165) is 27.6 Å². The lowest BCUT2D eigenvalue weighted by Crippen LogP contribution is -1.95. The van der Waals surface area contributed by atoms with Gasteiger partial charge in [0.05, 0.1) is 26.3 Å². The number of fused-ring (bicyclic) bond motifs is 1. The quantitative estimate of drug-likeness (QED) is 0.801. The van der Waals surface area contributed by atoms with E-state index < -0.39 is 0 Å². The highest BCUT2D eigenvalue weighted by Crippen LogP contribution is 2.34. The minimum Gasteiger partial charge on any atom is -0.496 e. The average Bonchev–Trinajstić information content (AvgIpc) is 2.59. The Balaban J connectivity index is 2.20. The van der Waals surface area contributed by atoms with Crippen LogP contribution in [0.4, 0.5) is 0 Å². The minimum absolute atomic E-state index is 0.0830. The number of aliphatic hydroxyl groups is 1. The molecule has 3 rings (SSSR count). The Kier molecular flexibility index (Phi) is 3.94. The highest BCUT2D eigenvalue weighted by atomic mass is 16.5. The summed E-state index contributed by atoms with van der Waals surface area (Å²) < 4.78 is 10.7. The van der Waals surface area contributed by atoms with Crippen LogP contribution in [0.2, 0.25) is 0 Å². The van der Waals surface area contributed by atoms with E-state index in [2.05, 4.69) is 4.98 Å². The van der Waals surface area contributed by atoms with Gasteiger partial charge in [-0.2, -0.15) is 0 Å². The number of aliphatic hydroxyl groups excluding tert-OH is 1. The summed E-state index contributed by atoms with van der Waals surface area (Å²) >= 11 is 0. The van der Waals surface area contributed by atoms with Crippen molar-refractivity contribution in [3.8, 4) is 22.8 Å². The van der Waals surface area contributed by atoms with Crippen molar-refractivity contribution in [2.75, 3.05) is 14.2 Å². The van der Waals surface area contributed by atoms with Crippen LogP contribution < -0.4 is 9.47 Å².